The summed E-state index contributed by atoms with van der Waals surface area (Å²) in [6.45, 7) is 1.72. The van der Waals surface area contributed by atoms with Crippen molar-refractivity contribution < 1.29 is 9.90 Å². The molecule has 1 saturated heterocycles. The molecule has 4 nitrogen and oxygen atoms in total. The lowest BCUT2D eigenvalue weighted by Crippen LogP contribution is -2.53. The molecule has 1 fully saturated rings. The van der Waals surface area contributed by atoms with Crippen LogP contribution in [0.2, 0.25) is 0 Å². The fourth-order valence-electron chi connectivity index (χ4n) is 3.25. The van der Waals surface area contributed by atoms with E-state index in [2.05, 4.69) is 17.0 Å². The number of carbonyl (C=O) groups is 1. The molecule has 0 aliphatic carbocycles. The molecule has 0 bridgehead atoms. The molecule has 4 heteroatoms. The van der Waals surface area contributed by atoms with Crippen molar-refractivity contribution in [3.63, 3.8) is 0 Å². The second kappa shape index (κ2) is 8.30. The highest BCUT2D eigenvalue weighted by Gasteiger charge is 2.31. The van der Waals surface area contributed by atoms with E-state index in [0.717, 1.165) is 32.4 Å². The van der Waals surface area contributed by atoms with Crippen molar-refractivity contribution in [3.05, 3.63) is 35.9 Å². The summed E-state index contributed by atoms with van der Waals surface area (Å²) in [5.74, 6) is 0.530. The van der Waals surface area contributed by atoms with E-state index in [9.17, 15) is 9.90 Å². The normalized spacial score (nSPS) is 22.1. The second-order valence-corrected chi connectivity index (χ2v) is 6.44. The standard InChI is InChI=1S/C18H28N2O2/c1-19(2)17-13-20(12-11-16(17)14-21)18(22)10-6-9-15-7-4-3-5-8-15/h3-5,7-8,16-17,21H,6,9-14H2,1-2H3/t16-,17-/m1/s1. The number of aryl methyl sites for hydroxylation is 1. The maximum Gasteiger partial charge on any atom is 0.222 e. The molecule has 0 saturated carbocycles. The van der Waals surface area contributed by atoms with Gasteiger partial charge in [-0.25, -0.2) is 0 Å². The van der Waals surface area contributed by atoms with Gasteiger partial charge in [0.05, 0.1) is 0 Å². The number of rotatable bonds is 6. The summed E-state index contributed by atoms with van der Waals surface area (Å²) in [5.41, 5.74) is 1.29. The largest absolute Gasteiger partial charge is 0.396 e. The predicted molar refractivity (Wildman–Crippen MR) is 88.6 cm³/mol. The Kier molecular flexibility index (Phi) is 6.40. The molecule has 1 amide bonds. The van der Waals surface area contributed by atoms with Crippen LogP contribution in [0.4, 0.5) is 0 Å². The first-order valence-corrected chi connectivity index (χ1v) is 8.20. The number of amides is 1. The van der Waals surface area contributed by atoms with Crippen LogP contribution in [0.25, 0.3) is 0 Å². The van der Waals surface area contributed by atoms with E-state index < -0.39 is 0 Å². The van der Waals surface area contributed by atoms with Crippen LogP contribution in [0.5, 0.6) is 0 Å². The van der Waals surface area contributed by atoms with Crippen molar-refractivity contribution in [2.75, 3.05) is 33.8 Å². The van der Waals surface area contributed by atoms with Crippen LogP contribution in [-0.4, -0.2) is 60.6 Å². The topological polar surface area (TPSA) is 43.8 Å². The van der Waals surface area contributed by atoms with Crippen molar-refractivity contribution in [1.82, 2.24) is 9.80 Å². The van der Waals surface area contributed by atoms with Gasteiger partial charge in [-0.2, -0.15) is 0 Å². The molecule has 1 N–H and O–H groups in total. The molecule has 0 unspecified atom stereocenters. The van der Waals surface area contributed by atoms with Crippen LogP contribution >= 0.6 is 0 Å². The van der Waals surface area contributed by atoms with Crippen molar-refractivity contribution in [2.45, 2.75) is 31.7 Å². The number of aliphatic hydroxyl groups excluding tert-OH is 1. The molecule has 2 rings (SSSR count). The number of benzene rings is 1. The Morgan fingerprint density at radius 3 is 2.68 bits per heavy atom. The van der Waals surface area contributed by atoms with Gasteiger partial charge in [-0.05, 0) is 38.9 Å². The van der Waals surface area contributed by atoms with Gasteiger partial charge in [-0.3, -0.25) is 4.79 Å². The number of nitrogens with zero attached hydrogens (tertiary/aromatic N) is 2. The van der Waals surface area contributed by atoms with Crippen molar-refractivity contribution in [2.24, 2.45) is 5.92 Å². The van der Waals surface area contributed by atoms with Gasteiger partial charge in [-0.15, -0.1) is 0 Å². The number of hydrogen-bond acceptors (Lipinski definition) is 3. The molecule has 0 aromatic heterocycles. The maximum atomic E-state index is 12.4. The molecule has 1 aliphatic heterocycles. The Balaban J connectivity index is 1.80. The lowest BCUT2D eigenvalue weighted by molar-refractivity contribution is -0.134. The van der Waals surface area contributed by atoms with Gasteiger partial charge in [0.2, 0.25) is 5.91 Å². The first-order valence-electron chi connectivity index (χ1n) is 8.20. The van der Waals surface area contributed by atoms with E-state index >= 15 is 0 Å². The number of piperidine rings is 1. The van der Waals surface area contributed by atoms with Crippen molar-refractivity contribution in [1.29, 1.82) is 0 Å². The van der Waals surface area contributed by atoms with Crippen molar-refractivity contribution in [3.8, 4) is 0 Å². The van der Waals surface area contributed by atoms with Crippen LogP contribution in [0.3, 0.4) is 0 Å². The fraction of sp³-hybridized carbons (Fsp3) is 0.611. The second-order valence-electron chi connectivity index (χ2n) is 6.44. The van der Waals surface area contributed by atoms with E-state index in [1.165, 1.54) is 5.56 Å². The highest BCUT2D eigenvalue weighted by atomic mass is 16.3. The molecule has 0 spiro atoms. The monoisotopic (exact) mass is 304 g/mol. The average Bonchev–Trinajstić information content (AvgIpc) is 2.55. The third-order valence-electron chi connectivity index (χ3n) is 4.67. The molecule has 1 aromatic carbocycles. The van der Waals surface area contributed by atoms with Gasteiger partial charge in [0.15, 0.2) is 0 Å². The molecule has 122 valence electrons. The van der Waals surface area contributed by atoms with E-state index in [-0.39, 0.29) is 24.5 Å². The summed E-state index contributed by atoms with van der Waals surface area (Å²) >= 11 is 0. The smallest absolute Gasteiger partial charge is 0.222 e. The number of likely N-dealkylation sites (N-methyl/N-ethyl adjacent to an activating group) is 1. The van der Waals surface area contributed by atoms with Crippen LogP contribution in [0.15, 0.2) is 30.3 Å². The summed E-state index contributed by atoms with van der Waals surface area (Å²) in [4.78, 5) is 16.5. The first-order chi connectivity index (χ1) is 10.6. The molecule has 1 heterocycles. The molecule has 1 aliphatic rings. The zero-order valence-electron chi connectivity index (χ0n) is 13.7. The minimum Gasteiger partial charge on any atom is -0.396 e. The average molecular weight is 304 g/mol. The number of likely N-dealkylation sites (tertiary alicyclic amines) is 1. The number of carbonyl (C=O) groups excluding carboxylic acids is 1. The van der Waals surface area contributed by atoms with E-state index in [0.29, 0.717) is 6.42 Å². The highest BCUT2D eigenvalue weighted by molar-refractivity contribution is 5.76. The maximum absolute atomic E-state index is 12.4. The minimum absolute atomic E-state index is 0.207. The van der Waals surface area contributed by atoms with Crippen LogP contribution in [0, 0.1) is 5.92 Å². The van der Waals surface area contributed by atoms with E-state index in [1.807, 2.05) is 37.2 Å². The zero-order valence-corrected chi connectivity index (χ0v) is 13.7. The molecule has 22 heavy (non-hydrogen) atoms. The molecular formula is C18H28N2O2. The Morgan fingerprint density at radius 2 is 2.05 bits per heavy atom. The summed E-state index contributed by atoms with van der Waals surface area (Å²) in [6, 6.07) is 10.6. The SMILES string of the molecule is CN(C)[C@@H]1CN(C(=O)CCCc2ccccc2)CC[C@@H]1CO. The van der Waals surface area contributed by atoms with Gasteiger partial charge in [0, 0.05) is 38.1 Å². The quantitative estimate of drug-likeness (QED) is 0.871. The Morgan fingerprint density at radius 1 is 1.32 bits per heavy atom. The predicted octanol–water partition coefficient (Wildman–Crippen LogP) is 1.78. The molecular weight excluding hydrogens is 276 g/mol. The number of hydrogen-bond donors (Lipinski definition) is 1. The lowest BCUT2D eigenvalue weighted by atomic mass is 9.91. The van der Waals surface area contributed by atoms with Gasteiger partial charge < -0.3 is 14.9 Å². The molecule has 2 atom stereocenters. The number of aliphatic hydroxyl groups is 1. The van der Waals surface area contributed by atoms with Crippen LogP contribution < -0.4 is 0 Å². The summed E-state index contributed by atoms with van der Waals surface area (Å²) in [7, 11) is 4.05. The van der Waals surface area contributed by atoms with Gasteiger partial charge in [0.25, 0.3) is 0 Å². The lowest BCUT2D eigenvalue weighted by Gasteiger charge is -2.41. The zero-order chi connectivity index (χ0) is 15.9. The van der Waals surface area contributed by atoms with Crippen molar-refractivity contribution >= 4 is 5.91 Å². The van der Waals surface area contributed by atoms with Gasteiger partial charge >= 0.3 is 0 Å². The molecule has 1 aromatic rings. The van der Waals surface area contributed by atoms with Crippen LogP contribution in [-0.2, 0) is 11.2 Å². The van der Waals surface area contributed by atoms with E-state index in [4.69, 9.17) is 0 Å². The Labute approximate surface area is 133 Å². The van der Waals surface area contributed by atoms with E-state index in [1.54, 1.807) is 0 Å². The van der Waals surface area contributed by atoms with Gasteiger partial charge in [0.1, 0.15) is 0 Å². The Bertz CT molecular complexity index is 461. The molecule has 0 radical (unpaired) electrons. The summed E-state index contributed by atoms with van der Waals surface area (Å²) < 4.78 is 0. The minimum atomic E-state index is 0.207. The highest BCUT2D eigenvalue weighted by Crippen LogP contribution is 2.21. The fourth-order valence-corrected chi connectivity index (χ4v) is 3.25. The van der Waals surface area contributed by atoms with Crippen LogP contribution in [0.1, 0.15) is 24.8 Å². The third kappa shape index (κ3) is 4.55. The van der Waals surface area contributed by atoms with Gasteiger partial charge in [-0.1, -0.05) is 30.3 Å². The summed E-state index contributed by atoms with van der Waals surface area (Å²) in [6.07, 6.45) is 3.36. The third-order valence-corrected chi connectivity index (χ3v) is 4.67. The first kappa shape index (κ1) is 17.0. The Hall–Kier alpha value is -1.39. The summed E-state index contributed by atoms with van der Waals surface area (Å²) in [5, 5.41) is 9.47.